The van der Waals surface area contributed by atoms with Crippen LogP contribution in [0.1, 0.15) is 29.2 Å². The summed E-state index contributed by atoms with van der Waals surface area (Å²) in [7, 11) is 0. The average molecular weight is 312 g/mol. The highest BCUT2D eigenvalue weighted by Gasteiger charge is 2.27. The predicted octanol–water partition coefficient (Wildman–Crippen LogP) is 2.74. The number of carbonyl (C=O) groups is 1. The molecule has 5 heteroatoms. The van der Waals surface area contributed by atoms with Crippen LogP contribution in [0.5, 0.6) is 0 Å². The molecule has 114 valence electrons. The minimum atomic E-state index is -0.270. The van der Waals surface area contributed by atoms with E-state index in [0.717, 1.165) is 22.3 Å². The lowest BCUT2D eigenvalue weighted by Crippen LogP contribution is -2.21. The summed E-state index contributed by atoms with van der Waals surface area (Å²) in [6.07, 6.45) is 0. The largest absolute Gasteiger partial charge is 0.274 e. The molecule has 0 unspecified atom stereocenters. The van der Waals surface area contributed by atoms with Gasteiger partial charge in [0.2, 0.25) is 5.91 Å². The summed E-state index contributed by atoms with van der Waals surface area (Å²) >= 11 is 0. The number of nitriles is 2. The van der Waals surface area contributed by atoms with Crippen molar-refractivity contribution >= 4 is 17.2 Å². The van der Waals surface area contributed by atoms with Crippen LogP contribution in [0, 0.1) is 22.7 Å². The maximum absolute atomic E-state index is 11.3. The lowest BCUT2D eigenvalue weighted by Gasteiger charge is -2.24. The van der Waals surface area contributed by atoms with Crippen molar-refractivity contribution in [1.29, 1.82) is 10.5 Å². The second-order valence-electron chi connectivity index (χ2n) is 5.19. The SMILES string of the molecule is CC(=O)NN=C1c2ccccc2C(=C(C#N)C#N)c2ccccc21. The van der Waals surface area contributed by atoms with Gasteiger partial charge in [0, 0.05) is 23.6 Å². The highest BCUT2D eigenvalue weighted by atomic mass is 16.2. The minimum Gasteiger partial charge on any atom is -0.274 e. The third-order valence-electron chi connectivity index (χ3n) is 3.70. The topological polar surface area (TPSA) is 89.0 Å². The van der Waals surface area contributed by atoms with Crippen LogP contribution in [0.3, 0.4) is 0 Å². The van der Waals surface area contributed by atoms with E-state index in [1.807, 2.05) is 60.7 Å². The fraction of sp³-hybridized carbons (Fsp3) is 0.0526. The zero-order chi connectivity index (χ0) is 17.1. The van der Waals surface area contributed by atoms with Crippen molar-refractivity contribution < 1.29 is 4.79 Å². The molecule has 24 heavy (non-hydrogen) atoms. The molecule has 1 N–H and O–H groups in total. The smallest absolute Gasteiger partial charge is 0.236 e. The van der Waals surface area contributed by atoms with Gasteiger partial charge in [0.25, 0.3) is 0 Å². The molecule has 0 saturated carbocycles. The first-order valence-electron chi connectivity index (χ1n) is 7.25. The van der Waals surface area contributed by atoms with Crippen LogP contribution in [-0.2, 0) is 4.79 Å². The van der Waals surface area contributed by atoms with E-state index in [9.17, 15) is 15.3 Å². The lowest BCUT2D eigenvalue weighted by atomic mass is 9.79. The van der Waals surface area contributed by atoms with E-state index in [4.69, 9.17) is 0 Å². The Bertz CT molecular complexity index is 919. The molecule has 0 spiro atoms. The molecule has 1 amide bonds. The Balaban J connectivity index is 2.39. The van der Waals surface area contributed by atoms with Crippen LogP contribution < -0.4 is 5.43 Å². The average Bonchev–Trinajstić information content (AvgIpc) is 2.61. The van der Waals surface area contributed by atoms with Crippen LogP contribution in [0.2, 0.25) is 0 Å². The monoisotopic (exact) mass is 312 g/mol. The molecule has 0 aromatic heterocycles. The van der Waals surface area contributed by atoms with Crippen LogP contribution in [0.15, 0.2) is 59.2 Å². The van der Waals surface area contributed by atoms with Gasteiger partial charge in [0.15, 0.2) is 0 Å². The van der Waals surface area contributed by atoms with Gasteiger partial charge in [-0.25, -0.2) is 5.43 Å². The molecule has 0 fully saturated rings. The van der Waals surface area contributed by atoms with Crippen molar-refractivity contribution in [2.45, 2.75) is 6.92 Å². The van der Waals surface area contributed by atoms with Crippen molar-refractivity contribution in [1.82, 2.24) is 5.43 Å². The number of rotatable bonds is 1. The summed E-state index contributed by atoms with van der Waals surface area (Å²) < 4.78 is 0. The Morgan fingerprint density at radius 3 is 1.79 bits per heavy atom. The number of fused-ring (bicyclic) bond motifs is 2. The number of hydrogen-bond donors (Lipinski definition) is 1. The highest BCUT2D eigenvalue weighted by Crippen LogP contribution is 2.37. The molecule has 0 heterocycles. The molecule has 0 aliphatic heterocycles. The third-order valence-corrected chi connectivity index (χ3v) is 3.70. The van der Waals surface area contributed by atoms with E-state index in [0.29, 0.717) is 11.3 Å². The lowest BCUT2D eigenvalue weighted by molar-refractivity contribution is -0.118. The molecule has 1 aliphatic carbocycles. The number of amides is 1. The van der Waals surface area contributed by atoms with Gasteiger partial charge >= 0.3 is 0 Å². The third kappa shape index (κ3) is 2.45. The van der Waals surface area contributed by atoms with E-state index in [-0.39, 0.29) is 11.5 Å². The van der Waals surface area contributed by atoms with Crippen molar-refractivity contribution in [2.75, 3.05) is 0 Å². The van der Waals surface area contributed by atoms with Gasteiger partial charge in [-0.3, -0.25) is 4.79 Å². The van der Waals surface area contributed by atoms with Crippen LogP contribution in [0.25, 0.3) is 5.57 Å². The molecule has 2 aromatic rings. The summed E-state index contributed by atoms with van der Waals surface area (Å²) in [6.45, 7) is 1.39. The molecular formula is C19H12N4O. The molecule has 2 aromatic carbocycles. The quantitative estimate of drug-likeness (QED) is 0.553. The Kier molecular flexibility index (Phi) is 3.93. The van der Waals surface area contributed by atoms with E-state index >= 15 is 0 Å². The number of hydrazone groups is 1. The van der Waals surface area contributed by atoms with Crippen molar-refractivity contribution in [3.63, 3.8) is 0 Å². The van der Waals surface area contributed by atoms with Crippen LogP contribution in [-0.4, -0.2) is 11.6 Å². The van der Waals surface area contributed by atoms with E-state index < -0.39 is 0 Å². The maximum Gasteiger partial charge on any atom is 0.236 e. The Hall–Kier alpha value is -3.70. The van der Waals surface area contributed by atoms with Gasteiger partial charge in [0.1, 0.15) is 17.7 Å². The molecule has 0 atom stereocenters. The van der Waals surface area contributed by atoms with Gasteiger partial charge in [-0.15, -0.1) is 0 Å². The first kappa shape index (κ1) is 15.2. The Morgan fingerprint density at radius 1 is 0.917 bits per heavy atom. The minimum absolute atomic E-state index is 0.0495. The zero-order valence-electron chi connectivity index (χ0n) is 12.9. The summed E-state index contributed by atoms with van der Waals surface area (Å²) in [5.41, 5.74) is 6.75. The highest BCUT2D eigenvalue weighted by molar-refractivity contribution is 6.22. The second kappa shape index (κ2) is 6.20. The van der Waals surface area contributed by atoms with E-state index in [1.54, 1.807) is 0 Å². The van der Waals surface area contributed by atoms with Crippen LogP contribution >= 0.6 is 0 Å². The normalized spacial score (nSPS) is 11.5. The van der Waals surface area contributed by atoms with Crippen molar-refractivity contribution in [2.24, 2.45) is 5.10 Å². The van der Waals surface area contributed by atoms with Gasteiger partial charge in [-0.05, 0) is 11.1 Å². The van der Waals surface area contributed by atoms with E-state index in [1.165, 1.54) is 6.92 Å². The summed E-state index contributed by atoms with van der Waals surface area (Å²) in [4.78, 5) is 11.3. The van der Waals surface area contributed by atoms with Gasteiger partial charge in [0.05, 0.1) is 5.71 Å². The molecule has 3 rings (SSSR count). The number of benzene rings is 2. The fourth-order valence-corrected chi connectivity index (χ4v) is 2.77. The van der Waals surface area contributed by atoms with E-state index in [2.05, 4.69) is 10.5 Å². The summed E-state index contributed by atoms with van der Waals surface area (Å²) in [5, 5.41) is 22.9. The number of nitrogens with zero attached hydrogens (tertiary/aromatic N) is 3. The number of carbonyl (C=O) groups excluding carboxylic acids is 1. The molecule has 0 bridgehead atoms. The predicted molar refractivity (Wildman–Crippen MR) is 89.6 cm³/mol. The summed E-state index contributed by atoms with van der Waals surface area (Å²) in [5.74, 6) is -0.270. The Labute approximate surface area is 139 Å². The molecule has 0 radical (unpaired) electrons. The number of hydrogen-bond acceptors (Lipinski definition) is 4. The summed E-state index contributed by atoms with van der Waals surface area (Å²) in [6, 6.07) is 18.8. The maximum atomic E-state index is 11.3. The second-order valence-corrected chi connectivity index (χ2v) is 5.19. The van der Waals surface area contributed by atoms with Gasteiger partial charge < -0.3 is 0 Å². The first-order valence-corrected chi connectivity index (χ1v) is 7.25. The van der Waals surface area contributed by atoms with Gasteiger partial charge in [-0.2, -0.15) is 15.6 Å². The Morgan fingerprint density at radius 2 is 1.38 bits per heavy atom. The molecular weight excluding hydrogens is 300 g/mol. The van der Waals surface area contributed by atoms with Gasteiger partial charge in [-0.1, -0.05) is 48.5 Å². The molecule has 1 aliphatic rings. The van der Waals surface area contributed by atoms with Crippen molar-refractivity contribution in [3.8, 4) is 12.1 Å². The molecule has 0 saturated heterocycles. The number of allylic oxidation sites excluding steroid dienone is 1. The van der Waals surface area contributed by atoms with Crippen molar-refractivity contribution in [3.05, 3.63) is 76.4 Å². The fourth-order valence-electron chi connectivity index (χ4n) is 2.77. The molecule has 5 nitrogen and oxygen atoms in total. The first-order chi connectivity index (χ1) is 11.7. The number of nitrogens with one attached hydrogen (secondary N) is 1. The van der Waals surface area contributed by atoms with Crippen LogP contribution in [0.4, 0.5) is 0 Å². The zero-order valence-corrected chi connectivity index (χ0v) is 12.9. The standard InChI is InChI=1S/C19H12N4O/c1-12(24)22-23-19-16-8-4-2-6-14(16)18(13(10-20)11-21)15-7-3-5-9-17(15)19/h2-9H,1H3,(H,22,24).